The van der Waals surface area contributed by atoms with Gasteiger partial charge in [0.1, 0.15) is 11.9 Å². The summed E-state index contributed by atoms with van der Waals surface area (Å²) in [5.41, 5.74) is -1.02. The fourth-order valence-corrected chi connectivity index (χ4v) is 2.38. The van der Waals surface area contributed by atoms with Crippen molar-refractivity contribution in [2.24, 2.45) is 0 Å². The lowest BCUT2D eigenvalue weighted by Crippen LogP contribution is -2.37. The third kappa shape index (κ3) is 1.91. The number of aromatic amines is 1. The Bertz CT molecular complexity index is 644. The SMILES string of the molecule is C=C1O[C@@H](n2ccc(=O)[nH]c2=O)C2OC(C)(C)OC12. The summed E-state index contributed by atoms with van der Waals surface area (Å²) >= 11 is 0. The first-order valence-electron chi connectivity index (χ1n) is 5.90. The van der Waals surface area contributed by atoms with Gasteiger partial charge in [0.15, 0.2) is 11.9 Å². The van der Waals surface area contributed by atoms with Crippen LogP contribution in [-0.4, -0.2) is 27.5 Å². The molecule has 3 heterocycles. The highest BCUT2D eigenvalue weighted by Gasteiger charge is 2.53. The first kappa shape index (κ1) is 12.2. The lowest BCUT2D eigenvalue weighted by molar-refractivity contribution is -0.174. The van der Waals surface area contributed by atoms with Crippen LogP contribution in [0.4, 0.5) is 0 Å². The topological polar surface area (TPSA) is 82.6 Å². The number of hydrogen-bond donors (Lipinski definition) is 1. The van der Waals surface area contributed by atoms with Crippen LogP contribution in [0.2, 0.25) is 0 Å². The third-order valence-corrected chi connectivity index (χ3v) is 3.12. The first-order chi connectivity index (χ1) is 8.87. The zero-order valence-electron chi connectivity index (χ0n) is 10.6. The highest BCUT2D eigenvalue weighted by molar-refractivity contribution is 5.10. The van der Waals surface area contributed by atoms with Crippen LogP contribution in [0.1, 0.15) is 20.1 Å². The minimum atomic E-state index is -0.758. The summed E-state index contributed by atoms with van der Waals surface area (Å²) in [4.78, 5) is 25.0. The Hall–Kier alpha value is -1.86. The number of nitrogens with zero attached hydrogens (tertiary/aromatic N) is 1. The predicted molar refractivity (Wildman–Crippen MR) is 64.4 cm³/mol. The van der Waals surface area contributed by atoms with E-state index in [1.807, 2.05) is 0 Å². The molecule has 2 unspecified atom stereocenters. The van der Waals surface area contributed by atoms with Gasteiger partial charge >= 0.3 is 5.69 Å². The summed E-state index contributed by atoms with van der Waals surface area (Å²) in [7, 11) is 0. The Labute approximate surface area is 108 Å². The van der Waals surface area contributed by atoms with Gasteiger partial charge in [-0.1, -0.05) is 6.58 Å². The summed E-state index contributed by atoms with van der Waals surface area (Å²) < 4.78 is 18.2. The molecule has 0 aromatic carbocycles. The molecule has 0 aliphatic carbocycles. The van der Waals surface area contributed by atoms with Crippen LogP contribution in [0.5, 0.6) is 0 Å². The second kappa shape index (κ2) is 3.82. The molecule has 7 heteroatoms. The first-order valence-corrected chi connectivity index (χ1v) is 5.90. The number of fused-ring (bicyclic) bond motifs is 1. The van der Waals surface area contributed by atoms with E-state index in [-0.39, 0.29) is 0 Å². The molecule has 19 heavy (non-hydrogen) atoms. The zero-order chi connectivity index (χ0) is 13.8. The molecule has 3 atom stereocenters. The molecule has 1 aromatic rings. The Morgan fingerprint density at radius 3 is 2.79 bits per heavy atom. The summed E-state index contributed by atoms with van der Waals surface area (Å²) in [6, 6.07) is 1.25. The molecular weight excluding hydrogens is 252 g/mol. The Balaban J connectivity index is 2.00. The monoisotopic (exact) mass is 266 g/mol. The van der Waals surface area contributed by atoms with Crippen LogP contribution in [0.15, 0.2) is 34.2 Å². The van der Waals surface area contributed by atoms with Crippen LogP contribution in [0.3, 0.4) is 0 Å². The van der Waals surface area contributed by atoms with Crippen LogP contribution < -0.4 is 11.2 Å². The number of H-pyrrole nitrogens is 1. The van der Waals surface area contributed by atoms with Gasteiger partial charge in [-0.3, -0.25) is 14.3 Å². The molecule has 0 bridgehead atoms. The van der Waals surface area contributed by atoms with E-state index >= 15 is 0 Å². The van der Waals surface area contributed by atoms with Crippen molar-refractivity contribution in [2.75, 3.05) is 0 Å². The van der Waals surface area contributed by atoms with Gasteiger partial charge in [0.2, 0.25) is 6.23 Å². The van der Waals surface area contributed by atoms with E-state index in [9.17, 15) is 9.59 Å². The second-order valence-electron chi connectivity index (χ2n) is 5.01. The van der Waals surface area contributed by atoms with Gasteiger partial charge < -0.3 is 14.2 Å². The van der Waals surface area contributed by atoms with Crippen LogP contribution in [-0.2, 0) is 14.2 Å². The quantitative estimate of drug-likeness (QED) is 0.779. The molecule has 2 saturated heterocycles. The molecule has 0 radical (unpaired) electrons. The molecule has 102 valence electrons. The highest BCUT2D eigenvalue weighted by atomic mass is 16.8. The summed E-state index contributed by atoms with van der Waals surface area (Å²) in [5, 5.41) is 0. The Morgan fingerprint density at radius 2 is 2.11 bits per heavy atom. The average Bonchev–Trinajstić information content (AvgIpc) is 2.75. The van der Waals surface area contributed by atoms with Crippen LogP contribution >= 0.6 is 0 Å². The van der Waals surface area contributed by atoms with Crippen molar-refractivity contribution in [3.05, 3.63) is 45.4 Å². The second-order valence-corrected chi connectivity index (χ2v) is 5.01. The minimum Gasteiger partial charge on any atom is -0.469 e. The van der Waals surface area contributed by atoms with E-state index in [1.54, 1.807) is 13.8 Å². The number of ether oxygens (including phenoxy) is 3. The maximum Gasteiger partial charge on any atom is 0.331 e. The number of rotatable bonds is 1. The maximum atomic E-state index is 11.8. The normalized spacial score (nSPS) is 32.1. The molecular formula is C12H14N2O5. The van der Waals surface area contributed by atoms with Crippen LogP contribution in [0, 0.1) is 0 Å². The summed E-state index contributed by atoms with van der Waals surface area (Å²) in [6.07, 6.45) is -0.204. The fourth-order valence-electron chi connectivity index (χ4n) is 2.38. The van der Waals surface area contributed by atoms with Crippen molar-refractivity contribution in [1.82, 2.24) is 9.55 Å². The maximum absolute atomic E-state index is 11.8. The number of aromatic nitrogens is 2. The largest absolute Gasteiger partial charge is 0.469 e. The standard InChI is InChI=1S/C12H14N2O5/c1-6-8-9(19-12(2,3)18-8)10(17-6)14-5-4-7(15)13-11(14)16/h4-5,8-10H,1H2,2-3H3,(H,13,15,16)/t8?,9?,10-/m1/s1. The summed E-state index contributed by atoms with van der Waals surface area (Å²) in [5.74, 6) is -0.342. The summed E-state index contributed by atoms with van der Waals surface area (Å²) in [6.45, 7) is 7.34. The van der Waals surface area contributed by atoms with E-state index in [0.717, 1.165) is 0 Å². The van der Waals surface area contributed by atoms with Crippen molar-refractivity contribution in [1.29, 1.82) is 0 Å². The van der Waals surface area contributed by atoms with Crippen molar-refractivity contribution in [2.45, 2.75) is 38.1 Å². The zero-order valence-corrected chi connectivity index (χ0v) is 10.6. The molecule has 7 nitrogen and oxygen atoms in total. The molecule has 0 amide bonds. The molecule has 1 aromatic heterocycles. The molecule has 1 N–H and O–H groups in total. The van der Waals surface area contributed by atoms with Gasteiger partial charge in [0, 0.05) is 12.3 Å². The predicted octanol–water partition coefficient (Wildman–Crippen LogP) is 0.0992. The molecule has 2 aliphatic rings. The van der Waals surface area contributed by atoms with Gasteiger partial charge in [-0.25, -0.2) is 4.79 Å². The van der Waals surface area contributed by atoms with E-state index < -0.39 is 35.5 Å². The van der Waals surface area contributed by atoms with Crippen molar-refractivity contribution in [3.8, 4) is 0 Å². The lowest BCUT2D eigenvalue weighted by atomic mass is 10.2. The van der Waals surface area contributed by atoms with E-state index in [4.69, 9.17) is 14.2 Å². The van der Waals surface area contributed by atoms with Crippen molar-refractivity contribution in [3.63, 3.8) is 0 Å². The van der Waals surface area contributed by atoms with E-state index in [2.05, 4.69) is 11.6 Å². The molecule has 2 aliphatic heterocycles. The molecule has 3 rings (SSSR count). The fraction of sp³-hybridized carbons (Fsp3) is 0.500. The van der Waals surface area contributed by atoms with Gasteiger partial charge in [-0.15, -0.1) is 0 Å². The smallest absolute Gasteiger partial charge is 0.331 e. The Kier molecular flexibility index (Phi) is 2.45. The van der Waals surface area contributed by atoms with Crippen molar-refractivity contribution >= 4 is 0 Å². The third-order valence-electron chi connectivity index (χ3n) is 3.12. The minimum absolute atomic E-state index is 0.415. The molecule has 2 fully saturated rings. The lowest BCUT2D eigenvalue weighted by Gasteiger charge is -2.23. The van der Waals surface area contributed by atoms with Gasteiger partial charge in [-0.05, 0) is 13.8 Å². The number of hydrogen-bond acceptors (Lipinski definition) is 5. The van der Waals surface area contributed by atoms with E-state index in [0.29, 0.717) is 5.76 Å². The van der Waals surface area contributed by atoms with Crippen LogP contribution in [0.25, 0.3) is 0 Å². The number of nitrogens with one attached hydrogen (secondary N) is 1. The highest BCUT2D eigenvalue weighted by Crippen LogP contribution is 2.43. The van der Waals surface area contributed by atoms with Gasteiger partial charge in [0.05, 0.1) is 0 Å². The molecule has 0 spiro atoms. The average molecular weight is 266 g/mol. The van der Waals surface area contributed by atoms with Gasteiger partial charge in [0.25, 0.3) is 5.56 Å². The van der Waals surface area contributed by atoms with Gasteiger partial charge in [-0.2, -0.15) is 0 Å². The van der Waals surface area contributed by atoms with E-state index in [1.165, 1.54) is 16.8 Å². The Morgan fingerprint density at radius 1 is 1.37 bits per heavy atom. The van der Waals surface area contributed by atoms with Crippen molar-refractivity contribution < 1.29 is 14.2 Å². The molecule has 0 saturated carbocycles.